The molecule has 0 bridgehead atoms. The van der Waals surface area contributed by atoms with E-state index in [1.807, 2.05) is 0 Å². The van der Waals surface area contributed by atoms with Crippen LogP contribution in [-0.2, 0) is 0 Å². The van der Waals surface area contributed by atoms with Gasteiger partial charge in [-0.25, -0.2) is 0 Å². The summed E-state index contributed by atoms with van der Waals surface area (Å²) in [4.78, 5) is 4.10. The van der Waals surface area contributed by atoms with Gasteiger partial charge in [0.25, 0.3) is 0 Å². The first kappa shape index (κ1) is 12.5. The SMILES string of the molecule is CCCCCCC(O)c1ncccc1Cl. The van der Waals surface area contributed by atoms with Gasteiger partial charge in [0.2, 0.25) is 0 Å². The molecule has 1 rings (SSSR count). The molecular weight excluding hydrogens is 210 g/mol. The molecule has 84 valence electrons. The molecule has 0 radical (unpaired) electrons. The molecule has 1 heterocycles. The Balaban J connectivity index is 2.40. The van der Waals surface area contributed by atoms with Crippen molar-refractivity contribution >= 4 is 11.6 Å². The minimum atomic E-state index is -0.518. The Hall–Kier alpha value is -0.600. The highest BCUT2D eigenvalue weighted by Gasteiger charge is 2.11. The molecule has 0 aliphatic carbocycles. The summed E-state index contributed by atoms with van der Waals surface area (Å²) in [6, 6.07) is 3.54. The summed E-state index contributed by atoms with van der Waals surface area (Å²) in [5, 5.41) is 10.4. The van der Waals surface area contributed by atoms with Gasteiger partial charge in [-0.05, 0) is 18.6 Å². The van der Waals surface area contributed by atoms with Crippen LogP contribution in [0, 0.1) is 0 Å². The zero-order chi connectivity index (χ0) is 11.1. The number of hydrogen-bond donors (Lipinski definition) is 1. The Morgan fingerprint density at radius 1 is 1.40 bits per heavy atom. The first-order chi connectivity index (χ1) is 7.25. The molecule has 0 fully saturated rings. The average Bonchev–Trinajstić information content (AvgIpc) is 2.25. The highest BCUT2D eigenvalue weighted by Crippen LogP contribution is 2.24. The van der Waals surface area contributed by atoms with Crippen LogP contribution in [0.4, 0.5) is 0 Å². The zero-order valence-electron chi connectivity index (χ0n) is 9.12. The Morgan fingerprint density at radius 3 is 2.87 bits per heavy atom. The molecule has 0 aromatic carbocycles. The number of unbranched alkanes of at least 4 members (excludes halogenated alkanes) is 3. The monoisotopic (exact) mass is 227 g/mol. The van der Waals surface area contributed by atoms with Crippen molar-refractivity contribution in [1.29, 1.82) is 0 Å². The number of rotatable bonds is 6. The molecule has 1 N–H and O–H groups in total. The first-order valence-corrected chi connectivity index (χ1v) is 5.92. The van der Waals surface area contributed by atoms with E-state index in [1.54, 1.807) is 18.3 Å². The number of aliphatic hydroxyl groups excluding tert-OH is 1. The van der Waals surface area contributed by atoms with Crippen molar-refractivity contribution in [2.24, 2.45) is 0 Å². The van der Waals surface area contributed by atoms with Crippen molar-refractivity contribution in [2.45, 2.75) is 45.1 Å². The molecule has 1 aromatic rings. The topological polar surface area (TPSA) is 33.1 Å². The van der Waals surface area contributed by atoms with Gasteiger partial charge in [-0.2, -0.15) is 0 Å². The number of halogens is 1. The predicted molar refractivity (Wildman–Crippen MR) is 63.0 cm³/mol. The molecule has 0 spiro atoms. The second kappa shape index (κ2) is 6.81. The minimum absolute atomic E-state index is 0.518. The van der Waals surface area contributed by atoms with Crippen molar-refractivity contribution in [3.8, 4) is 0 Å². The first-order valence-electron chi connectivity index (χ1n) is 5.54. The van der Waals surface area contributed by atoms with Crippen LogP contribution in [0.3, 0.4) is 0 Å². The van der Waals surface area contributed by atoms with Crippen LogP contribution in [0.15, 0.2) is 18.3 Å². The summed E-state index contributed by atoms with van der Waals surface area (Å²) in [7, 11) is 0. The van der Waals surface area contributed by atoms with Gasteiger partial charge >= 0.3 is 0 Å². The third kappa shape index (κ3) is 4.18. The lowest BCUT2D eigenvalue weighted by Gasteiger charge is -2.10. The van der Waals surface area contributed by atoms with E-state index in [-0.39, 0.29) is 0 Å². The van der Waals surface area contributed by atoms with Crippen molar-refractivity contribution in [1.82, 2.24) is 4.98 Å². The van der Waals surface area contributed by atoms with Crippen LogP contribution in [0.2, 0.25) is 5.02 Å². The molecule has 1 atom stereocenters. The predicted octanol–water partition coefficient (Wildman–Crippen LogP) is 3.74. The van der Waals surface area contributed by atoms with Gasteiger partial charge in [0.05, 0.1) is 16.8 Å². The van der Waals surface area contributed by atoms with E-state index in [0.717, 1.165) is 19.3 Å². The maximum Gasteiger partial charge on any atom is 0.0974 e. The molecule has 3 heteroatoms. The molecule has 2 nitrogen and oxygen atoms in total. The average molecular weight is 228 g/mol. The number of aromatic nitrogens is 1. The number of hydrogen-bond acceptors (Lipinski definition) is 2. The second-order valence-electron chi connectivity index (χ2n) is 3.74. The largest absolute Gasteiger partial charge is 0.387 e. The maximum absolute atomic E-state index is 9.85. The molecule has 1 aromatic heterocycles. The van der Waals surface area contributed by atoms with Crippen LogP contribution in [0.1, 0.15) is 50.8 Å². The lowest BCUT2D eigenvalue weighted by atomic mass is 10.1. The fourth-order valence-electron chi connectivity index (χ4n) is 1.54. The molecule has 0 aliphatic heterocycles. The fraction of sp³-hybridized carbons (Fsp3) is 0.583. The number of aliphatic hydroxyl groups is 1. The van der Waals surface area contributed by atoms with Crippen molar-refractivity contribution in [3.63, 3.8) is 0 Å². The third-order valence-corrected chi connectivity index (χ3v) is 2.75. The van der Waals surface area contributed by atoms with Gasteiger partial charge in [0.1, 0.15) is 0 Å². The van der Waals surface area contributed by atoms with Gasteiger partial charge in [0, 0.05) is 6.20 Å². The minimum Gasteiger partial charge on any atom is -0.387 e. The fourth-order valence-corrected chi connectivity index (χ4v) is 1.79. The summed E-state index contributed by atoms with van der Waals surface area (Å²) in [5.74, 6) is 0. The normalized spacial score (nSPS) is 12.7. The van der Waals surface area contributed by atoms with E-state index in [4.69, 9.17) is 11.6 Å². The molecule has 15 heavy (non-hydrogen) atoms. The van der Waals surface area contributed by atoms with Crippen LogP contribution in [-0.4, -0.2) is 10.1 Å². The highest BCUT2D eigenvalue weighted by molar-refractivity contribution is 6.31. The highest BCUT2D eigenvalue weighted by atomic mass is 35.5. The Bertz CT molecular complexity index is 291. The summed E-state index contributed by atoms with van der Waals surface area (Å²) in [5.41, 5.74) is 0.607. The summed E-state index contributed by atoms with van der Waals surface area (Å²) >= 11 is 5.94. The molecular formula is C12H18ClNO. The third-order valence-electron chi connectivity index (χ3n) is 2.43. The summed E-state index contributed by atoms with van der Waals surface area (Å²) in [6.45, 7) is 2.17. The van der Waals surface area contributed by atoms with Crippen molar-refractivity contribution in [3.05, 3.63) is 29.0 Å². The van der Waals surface area contributed by atoms with E-state index in [1.165, 1.54) is 12.8 Å². The lowest BCUT2D eigenvalue weighted by Crippen LogP contribution is -2.01. The smallest absolute Gasteiger partial charge is 0.0974 e. The van der Waals surface area contributed by atoms with Gasteiger partial charge in [-0.3, -0.25) is 4.98 Å². The van der Waals surface area contributed by atoms with E-state index in [9.17, 15) is 5.11 Å². The number of pyridine rings is 1. The van der Waals surface area contributed by atoms with Crippen LogP contribution < -0.4 is 0 Å². The van der Waals surface area contributed by atoms with E-state index >= 15 is 0 Å². The number of nitrogens with zero attached hydrogens (tertiary/aromatic N) is 1. The van der Waals surface area contributed by atoms with E-state index in [2.05, 4.69) is 11.9 Å². The Morgan fingerprint density at radius 2 is 2.20 bits per heavy atom. The van der Waals surface area contributed by atoms with Gasteiger partial charge in [0.15, 0.2) is 0 Å². The molecule has 0 saturated carbocycles. The molecule has 1 unspecified atom stereocenters. The summed E-state index contributed by atoms with van der Waals surface area (Å²) in [6.07, 6.45) is 6.52. The molecule has 0 amide bonds. The van der Waals surface area contributed by atoms with Gasteiger partial charge < -0.3 is 5.11 Å². The maximum atomic E-state index is 9.85. The van der Waals surface area contributed by atoms with Gasteiger partial charge in [-0.15, -0.1) is 0 Å². The lowest BCUT2D eigenvalue weighted by molar-refractivity contribution is 0.159. The van der Waals surface area contributed by atoms with Crippen LogP contribution >= 0.6 is 11.6 Å². The Labute approximate surface area is 96.3 Å². The Kier molecular flexibility index (Phi) is 5.66. The standard InChI is InChI=1S/C12H18ClNO/c1-2-3-4-5-8-11(15)12-10(13)7-6-9-14-12/h6-7,9,11,15H,2-5,8H2,1H3. The van der Waals surface area contributed by atoms with E-state index in [0.29, 0.717) is 10.7 Å². The van der Waals surface area contributed by atoms with Crippen LogP contribution in [0.25, 0.3) is 0 Å². The van der Waals surface area contributed by atoms with Gasteiger partial charge in [-0.1, -0.05) is 44.2 Å². The molecule has 0 saturated heterocycles. The van der Waals surface area contributed by atoms with Crippen LogP contribution in [0.5, 0.6) is 0 Å². The van der Waals surface area contributed by atoms with E-state index < -0.39 is 6.10 Å². The summed E-state index contributed by atoms with van der Waals surface area (Å²) < 4.78 is 0. The second-order valence-corrected chi connectivity index (χ2v) is 4.14. The van der Waals surface area contributed by atoms with Crippen molar-refractivity contribution < 1.29 is 5.11 Å². The quantitative estimate of drug-likeness (QED) is 0.751. The molecule has 0 aliphatic rings. The zero-order valence-corrected chi connectivity index (χ0v) is 9.87. The van der Waals surface area contributed by atoms with Crippen molar-refractivity contribution in [2.75, 3.05) is 0 Å².